The van der Waals surface area contributed by atoms with Gasteiger partial charge in [0.1, 0.15) is 0 Å². The van der Waals surface area contributed by atoms with Crippen LogP contribution in [0.3, 0.4) is 0 Å². The van der Waals surface area contributed by atoms with Gasteiger partial charge in [0.2, 0.25) is 0 Å². The third-order valence-corrected chi connectivity index (χ3v) is 4.09. The molecule has 1 aromatic heterocycles. The molecule has 2 heteroatoms. The van der Waals surface area contributed by atoms with E-state index in [0.717, 1.165) is 13.0 Å². The summed E-state index contributed by atoms with van der Waals surface area (Å²) in [7, 11) is 0. The van der Waals surface area contributed by atoms with Crippen LogP contribution in [-0.4, -0.2) is 6.54 Å². The zero-order chi connectivity index (χ0) is 12.8. The maximum absolute atomic E-state index is 3.68. The van der Waals surface area contributed by atoms with Crippen LogP contribution in [0.4, 0.5) is 0 Å². The molecule has 0 aliphatic carbocycles. The molecular formula is C16H21NS. The fourth-order valence-electron chi connectivity index (χ4n) is 2.15. The molecule has 0 aliphatic heterocycles. The van der Waals surface area contributed by atoms with Gasteiger partial charge in [-0.2, -0.15) is 0 Å². The van der Waals surface area contributed by atoms with E-state index in [9.17, 15) is 0 Å². The van der Waals surface area contributed by atoms with Crippen molar-refractivity contribution in [1.82, 2.24) is 5.32 Å². The van der Waals surface area contributed by atoms with Gasteiger partial charge in [0.05, 0.1) is 0 Å². The van der Waals surface area contributed by atoms with Crippen molar-refractivity contribution in [2.75, 3.05) is 6.54 Å². The van der Waals surface area contributed by atoms with E-state index in [0.29, 0.717) is 12.0 Å². The Morgan fingerprint density at radius 3 is 2.44 bits per heavy atom. The fourth-order valence-corrected chi connectivity index (χ4v) is 3.12. The van der Waals surface area contributed by atoms with E-state index in [2.05, 4.69) is 67.0 Å². The molecule has 0 radical (unpaired) electrons. The minimum atomic E-state index is 0.480. The van der Waals surface area contributed by atoms with Gasteiger partial charge in [-0.1, -0.05) is 50.2 Å². The minimum Gasteiger partial charge on any atom is -0.309 e. The lowest BCUT2D eigenvalue weighted by Crippen LogP contribution is -2.27. The molecule has 0 fully saturated rings. The first-order valence-electron chi connectivity index (χ1n) is 6.58. The number of thiophene rings is 1. The van der Waals surface area contributed by atoms with Crippen LogP contribution < -0.4 is 5.32 Å². The van der Waals surface area contributed by atoms with Crippen molar-refractivity contribution in [3.63, 3.8) is 0 Å². The normalized spacial score (nSPS) is 12.8. The highest BCUT2D eigenvalue weighted by Crippen LogP contribution is 2.25. The molecule has 1 atom stereocenters. The molecule has 1 heterocycles. The van der Waals surface area contributed by atoms with E-state index >= 15 is 0 Å². The summed E-state index contributed by atoms with van der Waals surface area (Å²) in [5.41, 5.74) is 1.40. The number of hydrogen-bond donors (Lipinski definition) is 1. The first kappa shape index (κ1) is 13.3. The van der Waals surface area contributed by atoms with E-state index in [1.165, 1.54) is 10.4 Å². The van der Waals surface area contributed by atoms with Gasteiger partial charge < -0.3 is 5.32 Å². The molecule has 0 spiro atoms. The zero-order valence-electron chi connectivity index (χ0n) is 11.1. The first-order chi connectivity index (χ1) is 8.77. The van der Waals surface area contributed by atoms with Gasteiger partial charge in [-0.25, -0.2) is 0 Å². The lowest BCUT2D eigenvalue weighted by atomic mass is 10.0. The number of nitrogens with one attached hydrogen (secondary N) is 1. The van der Waals surface area contributed by atoms with Gasteiger partial charge >= 0.3 is 0 Å². The smallest absolute Gasteiger partial charge is 0.0438 e. The van der Waals surface area contributed by atoms with Crippen molar-refractivity contribution < 1.29 is 0 Å². The third kappa shape index (κ3) is 3.69. The van der Waals surface area contributed by atoms with E-state index in [4.69, 9.17) is 0 Å². The summed E-state index contributed by atoms with van der Waals surface area (Å²) in [4.78, 5) is 1.44. The number of benzene rings is 1. The Hall–Kier alpha value is -1.12. The predicted molar refractivity (Wildman–Crippen MR) is 80.0 cm³/mol. The zero-order valence-corrected chi connectivity index (χ0v) is 11.9. The SMILES string of the molecule is CC(C)C(NCCc1ccccc1)c1cccs1. The molecule has 0 amide bonds. The summed E-state index contributed by atoms with van der Waals surface area (Å²) in [5.74, 6) is 0.624. The van der Waals surface area contributed by atoms with Gasteiger partial charge in [-0.15, -0.1) is 11.3 Å². The van der Waals surface area contributed by atoms with Crippen molar-refractivity contribution in [2.24, 2.45) is 5.92 Å². The Morgan fingerprint density at radius 2 is 1.83 bits per heavy atom. The summed E-state index contributed by atoms with van der Waals surface area (Å²) >= 11 is 1.84. The molecule has 2 aromatic rings. The summed E-state index contributed by atoms with van der Waals surface area (Å²) in [6.45, 7) is 5.59. The Morgan fingerprint density at radius 1 is 1.06 bits per heavy atom. The van der Waals surface area contributed by atoms with Crippen LogP contribution in [0.25, 0.3) is 0 Å². The molecule has 1 nitrogen and oxygen atoms in total. The average Bonchev–Trinajstić information content (AvgIpc) is 2.89. The molecule has 0 saturated heterocycles. The average molecular weight is 259 g/mol. The second kappa shape index (κ2) is 6.72. The van der Waals surface area contributed by atoms with Gasteiger partial charge in [0.15, 0.2) is 0 Å². The second-order valence-corrected chi connectivity index (χ2v) is 5.91. The summed E-state index contributed by atoms with van der Waals surface area (Å²) in [5, 5.41) is 5.84. The molecule has 0 bridgehead atoms. The fraction of sp³-hybridized carbons (Fsp3) is 0.375. The van der Waals surface area contributed by atoms with Crippen LogP contribution in [0.1, 0.15) is 30.3 Å². The Kier molecular flexibility index (Phi) is 4.97. The van der Waals surface area contributed by atoms with Crippen molar-refractivity contribution >= 4 is 11.3 Å². The van der Waals surface area contributed by atoms with Crippen LogP contribution in [-0.2, 0) is 6.42 Å². The summed E-state index contributed by atoms with van der Waals surface area (Å²) in [6, 6.07) is 15.5. The van der Waals surface area contributed by atoms with Crippen molar-refractivity contribution in [3.8, 4) is 0 Å². The van der Waals surface area contributed by atoms with Gasteiger partial charge in [-0.3, -0.25) is 0 Å². The van der Waals surface area contributed by atoms with Crippen molar-refractivity contribution in [3.05, 3.63) is 58.3 Å². The topological polar surface area (TPSA) is 12.0 Å². The molecular weight excluding hydrogens is 238 g/mol. The van der Waals surface area contributed by atoms with Gasteiger partial charge in [-0.05, 0) is 35.9 Å². The highest BCUT2D eigenvalue weighted by molar-refractivity contribution is 7.10. The van der Waals surface area contributed by atoms with Crippen LogP contribution in [0, 0.1) is 5.92 Å². The van der Waals surface area contributed by atoms with E-state index in [1.54, 1.807) is 0 Å². The first-order valence-corrected chi connectivity index (χ1v) is 7.46. The Bertz CT molecular complexity index is 433. The molecule has 1 N–H and O–H groups in total. The summed E-state index contributed by atoms with van der Waals surface area (Å²) in [6.07, 6.45) is 1.09. The van der Waals surface area contributed by atoms with Crippen molar-refractivity contribution in [1.29, 1.82) is 0 Å². The van der Waals surface area contributed by atoms with Crippen LogP contribution >= 0.6 is 11.3 Å². The molecule has 2 rings (SSSR count). The van der Waals surface area contributed by atoms with E-state index < -0.39 is 0 Å². The van der Waals surface area contributed by atoms with Crippen LogP contribution in [0.2, 0.25) is 0 Å². The lowest BCUT2D eigenvalue weighted by Gasteiger charge is -2.21. The summed E-state index contributed by atoms with van der Waals surface area (Å²) < 4.78 is 0. The number of rotatable bonds is 6. The molecule has 0 aliphatic rings. The van der Waals surface area contributed by atoms with Crippen LogP contribution in [0.15, 0.2) is 47.8 Å². The quantitative estimate of drug-likeness (QED) is 0.816. The Labute approximate surface area is 114 Å². The third-order valence-electron chi connectivity index (χ3n) is 3.14. The predicted octanol–water partition coefficient (Wildman–Crippen LogP) is 4.28. The molecule has 1 unspecified atom stereocenters. The van der Waals surface area contributed by atoms with E-state index in [-0.39, 0.29) is 0 Å². The number of hydrogen-bond acceptors (Lipinski definition) is 2. The van der Waals surface area contributed by atoms with Crippen molar-refractivity contribution in [2.45, 2.75) is 26.3 Å². The highest BCUT2D eigenvalue weighted by atomic mass is 32.1. The maximum atomic E-state index is 3.68. The second-order valence-electron chi connectivity index (χ2n) is 4.93. The molecule has 18 heavy (non-hydrogen) atoms. The minimum absolute atomic E-state index is 0.480. The highest BCUT2D eigenvalue weighted by Gasteiger charge is 2.15. The largest absolute Gasteiger partial charge is 0.309 e. The van der Waals surface area contributed by atoms with Crippen LogP contribution in [0.5, 0.6) is 0 Å². The van der Waals surface area contributed by atoms with E-state index in [1.807, 2.05) is 11.3 Å². The molecule has 1 aromatic carbocycles. The van der Waals surface area contributed by atoms with Gasteiger partial charge in [0.25, 0.3) is 0 Å². The molecule has 0 saturated carbocycles. The maximum Gasteiger partial charge on any atom is 0.0438 e. The Balaban J connectivity index is 1.87. The lowest BCUT2D eigenvalue weighted by molar-refractivity contribution is 0.420. The monoisotopic (exact) mass is 259 g/mol. The standard InChI is InChI=1S/C16H21NS/c1-13(2)16(15-9-6-12-18-15)17-11-10-14-7-4-3-5-8-14/h3-9,12-13,16-17H,10-11H2,1-2H3. The van der Waals surface area contributed by atoms with Gasteiger partial charge in [0, 0.05) is 10.9 Å². The molecule has 96 valence electrons.